The van der Waals surface area contributed by atoms with E-state index in [0.717, 1.165) is 6.04 Å². The topological polar surface area (TPSA) is 6.48 Å². The number of hydrogen-bond acceptors (Lipinski definition) is 2. The van der Waals surface area contributed by atoms with Crippen molar-refractivity contribution in [2.75, 3.05) is 32.7 Å². The fourth-order valence-electron chi connectivity index (χ4n) is 3.14. The first-order valence-corrected chi connectivity index (χ1v) is 6.86. The van der Waals surface area contributed by atoms with Crippen molar-refractivity contribution >= 4 is 0 Å². The van der Waals surface area contributed by atoms with Crippen LogP contribution in [0.5, 0.6) is 0 Å². The van der Waals surface area contributed by atoms with Crippen LogP contribution in [0.25, 0.3) is 0 Å². The predicted molar refractivity (Wildman–Crippen MR) is 65.2 cm³/mol. The van der Waals surface area contributed by atoms with E-state index in [-0.39, 0.29) is 0 Å². The van der Waals surface area contributed by atoms with E-state index in [4.69, 9.17) is 0 Å². The molecule has 1 atom stereocenters. The molecular formula is C13H26N2. The maximum Gasteiger partial charge on any atom is 0.0107 e. The van der Waals surface area contributed by atoms with E-state index in [9.17, 15) is 0 Å². The van der Waals surface area contributed by atoms with E-state index >= 15 is 0 Å². The van der Waals surface area contributed by atoms with E-state index in [1.807, 2.05) is 0 Å². The molecule has 2 aliphatic heterocycles. The second-order valence-electron chi connectivity index (χ2n) is 5.12. The fourth-order valence-corrected chi connectivity index (χ4v) is 3.14. The highest BCUT2D eigenvalue weighted by Crippen LogP contribution is 2.20. The molecule has 0 N–H and O–H groups in total. The molecule has 1 unspecified atom stereocenters. The summed E-state index contributed by atoms with van der Waals surface area (Å²) in [6, 6.07) is 0.893. The van der Waals surface area contributed by atoms with Gasteiger partial charge < -0.3 is 9.80 Å². The average Bonchev–Trinajstić information content (AvgIpc) is 2.79. The fraction of sp³-hybridized carbons (Fsp3) is 1.00. The van der Waals surface area contributed by atoms with Crippen LogP contribution in [-0.4, -0.2) is 48.6 Å². The number of hydrogen-bond donors (Lipinski definition) is 0. The van der Waals surface area contributed by atoms with Gasteiger partial charge in [0.15, 0.2) is 0 Å². The quantitative estimate of drug-likeness (QED) is 0.703. The van der Waals surface area contributed by atoms with E-state index in [1.165, 1.54) is 71.2 Å². The summed E-state index contributed by atoms with van der Waals surface area (Å²) in [6.07, 6.45) is 8.61. The van der Waals surface area contributed by atoms with Gasteiger partial charge in [0.05, 0.1) is 0 Å². The van der Waals surface area contributed by atoms with E-state index in [1.54, 1.807) is 0 Å². The summed E-state index contributed by atoms with van der Waals surface area (Å²) in [5.41, 5.74) is 0. The molecule has 2 aliphatic rings. The van der Waals surface area contributed by atoms with Gasteiger partial charge in [0.25, 0.3) is 0 Å². The Morgan fingerprint density at radius 2 is 1.73 bits per heavy atom. The van der Waals surface area contributed by atoms with Crippen molar-refractivity contribution in [3.63, 3.8) is 0 Å². The van der Waals surface area contributed by atoms with Gasteiger partial charge in [-0.2, -0.15) is 0 Å². The highest BCUT2D eigenvalue weighted by atomic mass is 15.2. The van der Waals surface area contributed by atoms with Gasteiger partial charge in [-0.25, -0.2) is 0 Å². The standard InChI is InChI=1S/C13H26N2/c1-2-15-11-4-3-7-13(15)8-12-14-9-5-6-10-14/h13H,2-12H2,1H3. The molecule has 2 nitrogen and oxygen atoms in total. The number of rotatable bonds is 4. The van der Waals surface area contributed by atoms with Gasteiger partial charge in [-0.05, 0) is 64.8 Å². The van der Waals surface area contributed by atoms with Gasteiger partial charge in [0.1, 0.15) is 0 Å². The lowest BCUT2D eigenvalue weighted by atomic mass is 9.99. The summed E-state index contributed by atoms with van der Waals surface area (Å²) in [5.74, 6) is 0. The molecule has 2 rings (SSSR count). The van der Waals surface area contributed by atoms with Gasteiger partial charge in [-0.1, -0.05) is 13.3 Å². The molecule has 0 bridgehead atoms. The molecule has 0 aromatic heterocycles. The summed E-state index contributed by atoms with van der Waals surface area (Å²) in [4.78, 5) is 5.35. The maximum absolute atomic E-state index is 2.69. The molecular weight excluding hydrogens is 184 g/mol. The van der Waals surface area contributed by atoms with Crippen molar-refractivity contribution in [3.8, 4) is 0 Å². The monoisotopic (exact) mass is 210 g/mol. The van der Waals surface area contributed by atoms with Gasteiger partial charge >= 0.3 is 0 Å². The normalized spacial score (nSPS) is 29.8. The van der Waals surface area contributed by atoms with Gasteiger partial charge in [-0.3, -0.25) is 0 Å². The third-order valence-corrected chi connectivity index (χ3v) is 4.13. The Kier molecular flexibility index (Phi) is 4.45. The summed E-state index contributed by atoms with van der Waals surface area (Å²) >= 11 is 0. The lowest BCUT2D eigenvalue weighted by Crippen LogP contribution is -2.41. The van der Waals surface area contributed by atoms with Crippen LogP contribution in [0.1, 0.15) is 45.4 Å². The molecule has 0 radical (unpaired) electrons. The SMILES string of the molecule is CCN1CCCCC1CCN1CCCC1. The molecule has 2 heterocycles. The van der Waals surface area contributed by atoms with Crippen LogP contribution in [0.4, 0.5) is 0 Å². The smallest absolute Gasteiger partial charge is 0.0107 e. The van der Waals surface area contributed by atoms with Crippen LogP contribution in [0, 0.1) is 0 Å². The maximum atomic E-state index is 2.69. The second kappa shape index (κ2) is 5.86. The first-order valence-electron chi connectivity index (χ1n) is 6.86. The van der Waals surface area contributed by atoms with E-state index in [0.29, 0.717) is 0 Å². The Hall–Kier alpha value is -0.0800. The molecule has 2 saturated heterocycles. The molecule has 88 valence electrons. The molecule has 0 aromatic rings. The molecule has 2 heteroatoms. The molecule has 0 saturated carbocycles. The highest BCUT2D eigenvalue weighted by molar-refractivity contribution is 4.78. The van der Waals surface area contributed by atoms with Crippen LogP contribution in [0.3, 0.4) is 0 Å². The van der Waals surface area contributed by atoms with Gasteiger partial charge in [0.2, 0.25) is 0 Å². The Labute approximate surface area is 94.6 Å². The van der Waals surface area contributed by atoms with Crippen LogP contribution >= 0.6 is 0 Å². The Bertz CT molecular complexity index is 175. The first kappa shape index (κ1) is 11.4. The molecule has 0 amide bonds. The minimum absolute atomic E-state index is 0.893. The lowest BCUT2D eigenvalue weighted by Gasteiger charge is -2.35. The zero-order valence-corrected chi connectivity index (χ0v) is 10.2. The summed E-state index contributed by atoms with van der Waals surface area (Å²) in [5, 5.41) is 0. The lowest BCUT2D eigenvalue weighted by molar-refractivity contribution is 0.136. The molecule has 0 spiro atoms. The Morgan fingerprint density at radius 1 is 1.00 bits per heavy atom. The van der Waals surface area contributed by atoms with Crippen molar-refractivity contribution in [2.24, 2.45) is 0 Å². The first-order chi connectivity index (χ1) is 7.40. The predicted octanol–water partition coefficient (Wildman–Crippen LogP) is 2.35. The number of likely N-dealkylation sites (tertiary alicyclic amines) is 2. The third kappa shape index (κ3) is 3.18. The van der Waals surface area contributed by atoms with Crippen molar-refractivity contribution in [1.29, 1.82) is 0 Å². The van der Waals surface area contributed by atoms with Crippen molar-refractivity contribution in [3.05, 3.63) is 0 Å². The van der Waals surface area contributed by atoms with Crippen LogP contribution in [0.15, 0.2) is 0 Å². The minimum atomic E-state index is 0.893. The van der Waals surface area contributed by atoms with E-state index < -0.39 is 0 Å². The summed E-state index contributed by atoms with van der Waals surface area (Å²) in [7, 11) is 0. The van der Waals surface area contributed by atoms with E-state index in [2.05, 4.69) is 16.7 Å². The van der Waals surface area contributed by atoms with Gasteiger partial charge in [-0.15, -0.1) is 0 Å². The third-order valence-electron chi connectivity index (χ3n) is 4.13. The molecule has 15 heavy (non-hydrogen) atoms. The van der Waals surface area contributed by atoms with Crippen molar-refractivity contribution in [2.45, 2.75) is 51.5 Å². The molecule has 2 fully saturated rings. The zero-order valence-electron chi connectivity index (χ0n) is 10.2. The number of nitrogens with zero attached hydrogens (tertiary/aromatic N) is 2. The Balaban J connectivity index is 1.71. The summed E-state index contributed by atoms with van der Waals surface area (Å²) in [6.45, 7) is 8.98. The van der Waals surface area contributed by atoms with Crippen LogP contribution < -0.4 is 0 Å². The number of piperidine rings is 1. The Morgan fingerprint density at radius 3 is 2.47 bits per heavy atom. The molecule has 0 aliphatic carbocycles. The zero-order chi connectivity index (χ0) is 10.5. The minimum Gasteiger partial charge on any atom is -0.303 e. The largest absolute Gasteiger partial charge is 0.303 e. The summed E-state index contributed by atoms with van der Waals surface area (Å²) < 4.78 is 0. The van der Waals surface area contributed by atoms with Crippen molar-refractivity contribution in [1.82, 2.24) is 9.80 Å². The van der Waals surface area contributed by atoms with Crippen LogP contribution in [0.2, 0.25) is 0 Å². The van der Waals surface area contributed by atoms with Crippen LogP contribution in [-0.2, 0) is 0 Å². The second-order valence-corrected chi connectivity index (χ2v) is 5.12. The average molecular weight is 210 g/mol. The molecule has 0 aromatic carbocycles. The van der Waals surface area contributed by atoms with Gasteiger partial charge in [0, 0.05) is 6.04 Å². The highest BCUT2D eigenvalue weighted by Gasteiger charge is 2.21. The van der Waals surface area contributed by atoms with Crippen molar-refractivity contribution < 1.29 is 0 Å².